The highest BCUT2D eigenvalue weighted by molar-refractivity contribution is 5.83. The largest absolute Gasteiger partial charge is 0.461 e. The van der Waals surface area contributed by atoms with E-state index in [1.807, 2.05) is 13.8 Å². The highest BCUT2D eigenvalue weighted by Crippen LogP contribution is 2.06. The summed E-state index contributed by atoms with van der Waals surface area (Å²) >= 11 is 0. The molecule has 0 saturated carbocycles. The number of carbonyl (C=O) groups excluding carboxylic acids is 2. The number of nitrogens with zero attached hydrogens (tertiary/aromatic N) is 1. The maximum Gasteiger partial charge on any atom is 0.328 e. The number of hydrogen-bond acceptors (Lipinski definition) is 3. The van der Waals surface area contributed by atoms with E-state index >= 15 is 0 Å². The number of amides is 1. The Balaban J connectivity index is 4.48. The summed E-state index contributed by atoms with van der Waals surface area (Å²) in [5.41, 5.74) is 0. The van der Waals surface area contributed by atoms with Crippen LogP contribution in [0, 0.1) is 0 Å². The van der Waals surface area contributed by atoms with Gasteiger partial charge in [0.2, 0.25) is 5.91 Å². The van der Waals surface area contributed by atoms with E-state index in [1.54, 1.807) is 13.0 Å². The van der Waals surface area contributed by atoms with Crippen LogP contribution in [0.3, 0.4) is 0 Å². The van der Waals surface area contributed by atoms with Gasteiger partial charge in [0.1, 0.15) is 6.04 Å². The molecule has 2 unspecified atom stereocenters. The van der Waals surface area contributed by atoms with Crippen molar-refractivity contribution in [3.05, 3.63) is 12.7 Å². The van der Waals surface area contributed by atoms with Gasteiger partial charge in [0.05, 0.1) is 6.10 Å². The van der Waals surface area contributed by atoms with Crippen LogP contribution in [-0.2, 0) is 14.3 Å². The molecule has 0 fully saturated rings. The molecule has 0 bridgehead atoms. The predicted octanol–water partition coefficient (Wildman–Crippen LogP) is 1.75. The average Bonchev–Trinajstić information content (AvgIpc) is 2.24. The maximum absolute atomic E-state index is 11.7. The fourth-order valence-corrected chi connectivity index (χ4v) is 1.21. The van der Waals surface area contributed by atoms with E-state index in [1.165, 1.54) is 11.8 Å². The van der Waals surface area contributed by atoms with Crippen molar-refractivity contribution in [2.45, 2.75) is 46.3 Å². The Labute approximate surface area is 97.3 Å². The molecule has 92 valence electrons. The van der Waals surface area contributed by atoms with Gasteiger partial charge in [0.25, 0.3) is 0 Å². The van der Waals surface area contributed by atoms with Gasteiger partial charge >= 0.3 is 5.97 Å². The summed E-state index contributed by atoms with van der Waals surface area (Å²) in [6, 6.07) is -0.565. The zero-order valence-electron chi connectivity index (χ0n) is 10.5. The van der Waals surface area contributed by atoms with Crippen LogP contribution in [0.25, 0.3) is 0 Å². The second-order valence-electron chi connectivity index (χ2n) is 3.79. The Kier molecular flexibility index (Phi) is 6.46. The number of esters is 1. The molecule has 0 rings (SSSR count). The fraction of sp³-hybridized carbons (Fsp3) is 0.667. The molecule has 0 heterocycles. The van der Waals surface area contributed by atoms with E-state index in [2.05, 4.69) is 6.58 Å². The van der Waals surface area contributed by atoms with Crippen molar-refractivity contribution in [2.75, 3.05) is 6.54 Å². The van der Waals surface area contributed by atoms with E-state index in [-0.39, 0.29) is 18.0 Å². The molecule has 0 spiro atoms. The summed E-state index contributed by atoms with van der Waals surface area (Å²) in [6.07, 6.45) is 2.24. The molecule has 0 saturated heterocycles. The summed E-state index contributed by atoms with van der Waals surface area (Å²) in [5, 5.41) is 0. The maximum atomic E-state index is 11.7. The summed E-state index contributed by atoms with van der Waals surface area (Å²) in [4.78, 5) is 24.4. The van der Waals surface area contributed by atoms with Crippen LogP contribution in [0.2, 0.25) is 0 Å². The normalized spacial score (nSPS) is 13.8. The van der Waals surface area contributed by atoms with Crippen molar-refractivity contribution in [1.29, 1.82) is 0 Å². The average molecular weight is 227 g/mol. The summed E-state index contributed by atoms with van der Waals surface area (Å²) in [6.45, 7) is 10.8. The third-order valence-electron chi connectivity index (χ3n) is 2.43. The predicted molar refractivity (Wildman–Crippen MR) is 62.9 cm³/mol. The van der Waals surface area contributed by atoms with Crippen molar-refractivity contribution < 1.29 is 14.3 Å². The molecule has 0 N–H and O–H groups in total. The summed E-state index contributed by atoms with van der Waals surface area (Å²) in [7, 11) is 0. The van der Waals surface area contributed by atoms with Gasteiger partial charge in [-0.3, -0.25) is 4.79 Å². The first-order chi connectivity index (χ1) is 7.43. The molecule has 0 aromatic heterocycles. The third kappa shape index (κ3) is 4.47. The van der Waals surface area contributed by atoms with Crippen molar-refractivity contribution in [1.82, 2.24) is 4.90 Å². The molecule has 0 aromatic rings. The van der Waals surface area contributed by atoms with Crippen molar-refractivity contribution in [3.63, 3.8) is 0 Å². The van der Waals surface area contributed by atoms with Gasteiger partial charge < -0.3 is 9.64 Å². The summed E-state index contributed by atoms with van der Waals surface area (Å²) < 4.78 is 5.17. The van der Waals surface area contributed by atoms with E-state index in [9.17, 15) is 9.59 Å². The lowest BCUT2D eigenvalue weighted by molar-refractivity contribution is -0.157. The standard InChI is InChI=1S/C12H21NO3/c1-6-8-13(11(5)14)10(4)12(15)16-9(3)7-2/h6,9-10H,1,7-8H2,2-5H3. The first-order valence-electron chi connectivity index (χ1n) is 5.52. The van der Waals surface area contributed by atoms with Crippen LogP contribution in [0.15, 0.2) is 12.7 Å². The second kappa shape index (κ2) is 7.04. The van der Waals surface area contributed by atoms with Crippen molar-refractivity contribution in [2.24, 2.45) is 0 Å². The molecule has 0 radical (unpaired) electrons. The molecule has 4 nitrogen and oxygen atoms in total. The van der Waals surface area contributed by atoms with E-state index in [0.29, 0.717) is 6.54 Å². The number of rotatable bonds is 6. The van der Waals surface area contributed by atoms with Crippen molar-refractivity contribution in [3.8, 4) is 0 Å². The molecular weight excluding hydrogens is 206 g/mol. The molecule has 2 atom stereocenters. The zero-order chi connectivity index (χ0) is 12.7. The van der Waals surface area contributed by atoms with Crippen LogP contribution in [0.4, 0.5) is 0 Å². The van der Waals surface area contributed by atoms with Crippen LogP contribution in [0.5, 0.6) is 0 Å². The lowest BCUT2D eigenvalue weighted by atomic mass is 10.2. The highest BCUT2D eigenvalue weighted by atomic mass is 16.5. The van der Waals surface area contributed by atoms with Gasteiger partial charge in [-0.1, -0.05) is 13.0 Å². The van der Waals surface area contributed by atoms with Gasteiger partial charge in [-0.2, -0.15) is 0 Å². The van der Waals surface area contributed by atoms with Gasteiger partial charge in [-0.05, 0) is 20.3 Å². The summed E-state index contributed by atoms with van der Waals surface area (Å²) in [5.74, 6) is -0.528. The zero-order valence-corrected chi connectivity index (χ0v) is 10.5. The van der Waals surface area contributed by atoms with Crippen LogP contribution in [0.1, 0.15) is 34.1 Å². The van der Waals surface area contributed by atoms with E-state index in [4.69, 9.17) is 4.74 Å². The molecule has 0 aliphatic heterocycles. The smallest absolute Gasteiger partial charge is 0.328 e. The lowest BCUT2D eigenvalue weighted by Gasteiger charge is -2.26. The van der Waals surface area contributed by atoms with Gasteiger partial charge in [-0.15, -0.1) is 6.58 Å². The number of carbonyl (C=O) groups is 2. The SMILES string of the molecule is C=CCN(C(C)=O)C(C)C(=O)OC(C)CC. The van der Waals surface area contributed by atoms with Crippen LogP contribution in [-0.4, -0.2) is 35.5 Å². The molecule has 4 heteroatoms. The Bertz CT molecular complexity index is 263. The second-order valence-corrected chi connectivity index (χ2v) is 3.79. The van der Waals surface area contributed by atoms with E-state index < -0.39 is 6.04 Å². The molecular formula is C12H21NO3. The quantitative estimate of drug-likeness (QED) is 0.513. The first kappa shape index (κ1) is 14.7. The monoisotopic (exact) mass is 227 g/mol. The van der Waals surface area contributed by atoms with E-state index in [0.717, 1.165) is 6.42 Å². The Morgan fingerprint density at radius 2 is 2.00 bits per heavy atom. The fourth-order valence-electron chi connectivity index (χ4n) is 1.21. The van der Waals surface area contributed by atoms with Crippen LogP contribution < -0.4 is 0 Å². The lowest BCUT2D eigenvalue weighted by Crippen LogP contribution is -2.43. The van der Waals surface area contributed by atoms with Gasteiger partial charge in [0.15, 0.2) is 0 Å². The van der Waals surface area contributed by atoms with Crippen LogP contribution >= 0.6 is 0 Å². The molecule has 1 amide bonds. The van der Waals surface area contributed by atoms with Gasteiger partial charge in [0, 0.05) is 13.5 Å². The number of hydrogen-bond donors (Lipinski definition) is 0. The minimum atomic E-state index is -0.565. The minimum Gasteiger partial charge on any atom is -0.461 e. The molecule has 0 aromatic carbocycles. The third-order valence-corrected chi connectivity index (χ3v) is 2.43. The topological polar surface area (TPSA) is 46.6 Å². The Morgan fingerprint density at radius 1 is 1.44 bits per heavy atom. The molecule has 0 aliphatic rings. The number of ether oxygens (including phenoxy) is 1. The molecule has 16 heavy (non-hydrogen) atoms. The van der Waals surface area contributed by atoms with Crippen molar-refractivity contribution >= 4 is 11.9 Å². The highest BCUT2D eigenvalue weighted by Gasteiger charge is 2.24. The Hall–Kier alpha value is -1.32. The molecule has 0 aliphatic carbocycles. The minimum absolute atomic E-state index is 0.118. The van der Waals surface area contributed by atoms with Gasteiger partial charge in [-0.25, -0.2) is 4.79 Å². The Morgan fingerprint density at radius 3 is 2.38 bits per heavy atom. The first-order valence-corrected chi connectivity index (χ1v) is 5.52.